The fraction of sp³-hybridized carbons (Fsp3) is 0.200. The zero-order valence-corrected chi connectivity index (χ0v) is 17.4. The van der Waals surface area contributed by atoms with Crippen molar-refractivity contribution in [3.63, 3.8) is 0 Å². The van der Waals surface area contributed by atoms with Gasteiger partial charge in [0, 0.05) is 6.54 Å². The lowest BCUT2D eigenvalue weighted by molar-refractivity contribution is -0.134. The minimum atomic E-state index is -1.42. The van der Waals surface area contributed by atoms with E-state index in [2.05, 4.69) is 16.0 Å². The highest BCUT2D eigenvalue weighted by molar-refractivity contribution is 6.42. The van der Waals surface area contributed by atoms with E-state index >= 15 is 0 Å². The van der Waals surface area contributed by atoms with Crippen molar-refractivity contribution in [1.29, 1.82) is 0 Å². The molecule has 1 aliphatic heterocycles. The Morgan fingerprint density at radius 2 is 1.77 bits per heavy atom. The Hall–Kier alpha value is -3.10. The molecule has 8 nitrogen and oxygen atoms in total. The SMILES string of the molecule is C[C@]1(c2ccc(Cl)c(Cl)c2)NC(=O)N(CC(=O)NC(=O)NCc2ccccc2)C1=O. The van der Waals surface area contributed by atoms with Crippen LogP contribution in [0.3, 0.4) is 0 Å². The van der Waals surface area contributed by atoms with Crippen molar-refractivity contribution in [3.05, 3.63) is 69.7 Å². The molecule has 30 heavy (non-hydrogen) atoms. The lowest BCUT2D eigenvalue weighted by Crippen LogP contribution is -2.46. The van der Waals surface area contributed by atoms with Crippen LogP contribution in [0.5, 0.6) is 0 Å². The third-order valence-corrected chi connectivity index (χ3v) is 5.36. The number of amides is 6. The van der Waals surface area contributed by atoms with Gasteiger partial charge >= 0.3 is 12.1 Å². The minimum Gasteiger partial charge on any atom is -0.334 e. The monoisotopic (exact) mass is 448 g/mol. The molecule has 0 spiro atoms. The molecule has 0 aromatic heterocycles. The van der Waals surface area contributed by atoms with Gasteiger partial charge in [0.15, 0.2) is 0 Å². The lowest BCUT2D eigenvalue weighted by atomic mass is 9.92. The second-order valence-corrected chi connectivity index (χ2v) is 7.61. The van der Waals surface area contributed by atoms with E-state index in [1.807, 2.05) is 30.3 Å². The van der Waals surface area contributed by atoms with Crippen molar-refractivity contribution in [2.24, 2.45) is 0 Å². The normalized spacial score (nSPS) is 18.2. The third-order valence-electron chi connectivity index (χ3n) is 4.62. The van der Waals surface area contributed by atoms with Crippen molar-refractivity contribution in [3.8, 4) is 0 Å². The van der Waals surface area contributed by atoms with Gasteiger partial charge in [-0.3, -0.25) is 19.8 Å². The first-order valence-corrected chi connectivity index (χ1v) is 9.67. The summed E-state index contributed by atoms with van der Waals surface area (Å²) in [6, 6.07) is 12.2. The van der Waals surface area contributed by atoms with E-state index in [0.29, 0.717) is 10.6 Å². The molecule has 3 N–H and O–H groups in total. The van der Waals surface area contributed by atoms with E-state index in [9.17, 15) is 19.2 Å². The van der Waals surface area contributed by atoms with Gasteiger partial charge in [0.2, 0.25) is 5.91 Å². The quantitative estimate of drug-likeness (QED) is 0.611. The van der Waals surface area contributed by atoms with Crippen LogP contribution in [0.2, 0.25) is 10.0 Å². The maximum Gasteiger partial charge on any atom is 0.325 e. The molecule has 1 aliphatic rings. The molecule has 3 rings (SSSR count). The number of benzene rings is 2. The standard InChI is InChI=1S/C20H18Cl2N4O4/c1-20(13-7-8-14(21)15(22)9-13)17(28)26(19(30)25-20)11-16(27)24-18(29)23-10-12-5-3-2-4-6-12/h2-9H,10-11H2,1H3,(H,25,30)(H2,23,24,27,29)/t20-/m1/s1. The van der Waals surface area contributed by atoms with Crippen LogP contribution in [-0.4, -0.2) is 35.3 Å². The van der Waals surface area contributed by atoms with Gasteiger partial charge < -0.3 is 10.6 Å². The van der Waals surface area contributed by atoms with Crippen LogP contribution in [-0.2, 0) is 21.7 Å². The van der Waals surface area contributed by atoms with Gasteiger partial charge in [0.05, 0.1) is 10.0 Å². The third kappa shape index (κ3) is 4.55. The van der Waals surface area contributed by atoms with Crippen LogP contribution >= 0.6 is 23.2 Å². The number of nitrogens with zero attached hydrogens (tertiary/aromatic N) is 1. The molecule has 1 heterocycles. The molecule has 1 saturated heterocycles. The first kappa shape index (κ1) is 21.6. The number of hydrogen-bond acceptors (Lipinski definition) is 4. The molecule has 1 atom stereocenters. The minimum absolute atomic E-state index is 0.221. The van der Waals surface area contributed by atoms with Crippen LogP contribution < -0.4 is 16.0 Å². The predicted octanol–water partition coefficient (Wildman–Crippen LogP) is 2.79. The number of imide groups is 2. The zero-order chi connectivity index (χ0) is 21.9. The summed E-state index contributed by atoms with van der Waals surface area (Å²) >= 11 is 11.9. The summed E-state index contributed by atoms with van der Waals surface area (Å²) in [5.41, 5.74) is -0.147. The highest BCUT2D eigenvalue weighted by atomic mass is 35.5. The fourth-order valence-corrected chi connectivity index (χ4v) is 3.27. The summed E-state index contributed by atoms with van der Waals surface area (Å²) in [5.74, 6) is -1.45. The molecule has 2 aromatic carbocycles. The molecule has 0 radical (unpaired) electrons. The van der Waals surface area contributed by atoms with Crippen molar-refractivity contribution in [1.82, 2.24) is 20.9 Å². The fourth-order valence-electron chi connectivity index (χ4n) is 2.98. The van der Waals surface area contributed by atoms with Crippen LogP contribution in [0.1, 0.15) is 18.1 Å². The number of hydrogen-bond donors (Lipinski definition) is 3. The van der Waals surface area contributed by atoms with Crippen LogP contribution in [0.25, 0.3) is 0 Å². The smallest absolute Gasteiger partial charge is 0.325 e. The molecular weight excluding hydrogens is 431 g/mol. The average molecular weight is 449 g/mol. The van der Waals surface area contributed by atoms with E-state index in [4.69, 9.17) is 23.2 Å². The molecule has 0 unspecified atom stereocenters. The Morgan fingerprint density at radius 1 is 1.07 bits per heavy atom. The first-order valence-electron chi connectivity index (χ1n) is 8.92. The molecule has 6 amide bonds. The number of carbonyl (C=O) groups is 4. The van der Waals surface area contributed by atoms with Crippen LogP contribution in [0.4, 0.5) is 9.59 Å². The molecular formula is C20H18Cl2N4O4. The van der Waals surface area contributed by atoms with Gasteiger partial charge in [-0.15, -0.1) is 0 Å². The van der Waals surface area contributed by atoms with Crippen LogP contribution in [0.15, 0.2) is 48.5 Å². The number of urea groups is 2. The highest BCUT2D eigenvalue weighted by Gasteiger charge is 2.49. The number of carbonyl (C=O) groups excluding carboxylic acids is 4. The second-order valence-electron chi connectivity index (χ2n) is 6.79. The Kier molecular flexibility index (Phi) is 6.28. The van der Waals surface area contributed by atoms with Gasteiger partial charge in [0.1, 0.15) is 12.1 Å². The molecule has 2 aromatic rings. The summed E-state index contributed by atoms with van der Waals surface area (Å²) in [6.07, 6.45) is 0. The Labute approximate surface area is 182 Å². The topological polar surface area (TPSA) is 108 Å². The van der Waals surface area contributed by atoms with Crippen molar-refractivity contribution in [2.75, 3.05) is 6.54 Å². The van der Waals surface area contributed by atoms with E-state index in [-0.39, 0.29) is 11.6 Å². The highest BCUT2D eigenvalue weighted by Crippen LogP contribution is 2.32. The zero-order valence-electron chi connectivity index (χ0n) is 15.9. The van der Waals surface area contributed by atoms with E-state index < -0.39 is 36.0 Å². The van der Waals surface area contributed by atoms with Gasteiger partial charge in [0.25, 0.3) is 5.91 Å². The van der Waals surface area contributed by atoms with Gasteiger partial charge in [-0.05, 0) is 30.2 Å². The molecule has 1 fully saturated rings. The Morgan fingerprint density at radius 3 is 2.43 bits per heavy atom. The summed E-state index contributed by atoms with van der Waals surface area (Å²) in [4.78, 5) is 50.0. The molecule has 156 valence electrons. The van der Waals surface area contributed by atoms with Crippen LogP contribution in [0, 0.1) is 0 Å². The number of halogens is 2. The first-order chi connectivity index (χ1) is 14.2. The molecule has 10 heteroatoms. The van der Waals surface area contributed by atoms with Crippen molar-refractivity contribution in [2.45, 2.75) is 19.0 Å². The summed E-state index contributed by atoms with van der Waals surface area (Å²) < 4.78 is 0. The molecule has 0 saturated carbocycles. The largest absolute Gasteiger partial charge is 0.334 e. The lowest BCUT2D eigenvalue weighted by Gasteiger charge is -2.22. The number of rotatable bonds is 5. The maximum absolute atomic E-state index is 12.9. The maximum atomic E-state index is 12.9. The second kappa shape index (κ2) is 8.73. The predicted molar refractivity (Wildman–Crippen MR) is 111 cm³/mol. The summed E-state index contributed by atoms with van der Waals surface area (Å²) in [7, 11) is 0. The average Bonchev–Trinajstić information content (AvgIpc) is 2.93. The Balaban J connectivity index is 1.61. The van der Waals surface area contributed by atoms with Gasteiger partial charge in [-0.1, -0.05) is 59.6 Å². The van der Waals surface area contributed by atoms with Gasteiger partial charge in [-0.25, -0.2) is 9.59 Å². The van der Waals surface area contributed by atoms with Crippen molar-refractivity contribution >= 4 is 47.1 Å². The summed E-state index contributed by atoms with van der Waals surface area (Å²) in [6.45, 7) is 1.11. The van der Waals surface area contributed by atoms with E-state index in [0.717, 1.165) is 10.5 Å². The number of nitrogens with one attached hydrogen (secondary N) is 3. The molecule has 0 bridgehead atoms. The van der Waals surface area contributed by atoms with E-state index in [1.54, 1.807) is 6.07 Å². The molecule has 0 aliphatic carbocycles. The van der Waals surface area contributed by atoms with Gasteiger partial charge in [-0.2, -0.15) is 0 Å². The summed E-state index contributed by atoms with van der Waals surface area (Å²) in [5, 5.41) is 7.71. The van der Waals surface area contributed by atoms with E-state index in [1.165, 1.54) is 19.1 Å². The van der Waals surface area contributed by atoms with Crippen molar-refractivity contribution < 1.29 is 19.2 Å². The Bertz CT molecular complexity index is 1020.